The molecule has 1 heterocycles. The maximum Gasteiger partial charge on any atom is 0.193 e. The van der Waals surface area contributed by atoms with E-state index in [9.17, 15) is 8.78 Å². The molecule has 10 heteroatoms. The molecule has 1 aromatic heterocycles. The van der Waals surface area contributed by atoms with Crippen LogP contribution in [0.15, 0.2) is 29.5 Å². The maximum atomic E-state index is 14.2. The molecule has 2 rings (SSSR count). The highest BCUT2D eigenvalue weighted by Crippen LogP contribution is 2.23. The number of hydrogen-bond donors (Lipinski definition) is 1. The number of aromatic nitrogens is 3. The number of aliphatic imine (C=N–C) groups is 1. The van der Waals surface area contributed by atoms with Crippen molar-refractivity contribution >= 4 is 29.9 Å². The molecule has 2 aromatic rings. The van der Waals surface area contributed by atoms with Gasteiger partial charge in [-0.2, -0.15) is 5.10 Å². The van der Waals surface area contributed by atoms with Gasteiger partial charge in [0.25, 0.3) is 0 Å². The lowest BCUT2D eigenvalue weighted by Crippen LogP contribution is -2.43. The van der Waals surface area contributed by atoms with E-state index in [1.807, 2.05) is 19.0 Å². The molecule has 0 spiro atoms. The van der Waals surface area contributed by atoms with Crippen LogP contribution < -0.4 is 5.32 Å². The molecule has 0 bridgehead atoms. The molecule has 0 amide bonds. The Kier molecular flexibility index (Phi) is 9.03. The molecule has 150 valence electrons. The van der Waals surface area contributed by atoms with Crippen LogP contribution in [0.25, 0.3) is 0 Å². The van der Waals surface area contributed by atoms with Gasteiger partial charge in [0.1, 0.15) is 23.8 Å². The fraction of sp³-hybridized carbons (Fsp3) is 0.471. The van der Waals surface area contributed by atoms with Crippen LogP contribution >= 0.6 is 24.0 Å². The number of benzene rings is 1. The van der Waals surface area contributed by atoms with E-state index in [4.69, 9.17) is 0 Å². The van der Waals surface area contributed by atoms with Crippen molar-refractivity contribution < 1.29 is 8.78 Å². The molecule has 0 fully saturated rings. The minimum absolute atomic E-state index is 0. The van der Waals surface area contributed by atoms with Gasteiger partial charge in [0.15, 0.2) is 5.96 Å². The van der Waals surface area contributed by atoms with Crippen molar-refractivity contribution in [2.45, 2.75) is 12.6 Å². The highest BCUT2D eigenvalue weighted by molar-refractivity contribution is 14.0. The first-order valence-electron chi connectivity index (χ1n) is 8.20. The molecule has 1 unspecified atom stereocenters. The van der Waals surface area contributed by atoms with Crippen LogP contribution in [-0.4, -0.2) is 65.3 Å². The van der Waals surface area contributed by atoms with Gasteiger partial charge in [-0.25, -0.2) is 13.8 Å². The molecule has 1 aromatic carbocycles. The normalized spacial score (nSPS) is 12.7. The van der Waals surface area contributed by atoms with Gasteiger partial charge in [-0.1, -0.05) is 6.07 Å². The summed E-state index contributed by atoms with van der Waals surface area (Å²) >= 11 is 0. The summed E-state index contributed by atoms with van der Waals surface area (Å²) in [6.45, 7) is 0.789. The number of hydrogen-bond acceptors (Lipinski definition) is 4. The average Bonchev–Trinajstić information content (AvgIpc) is 2.98. The number of nitrogens with one attached hydrogen (secondary N) is 1. The van der Waals surface area contributed by atoms with Gasteiger partial charge in [0.2, 0.25) is 0 Å². The topological polar surface area (TPSA) is 61.6 Å². The van der Waals surface area contributed by atoms with Crippen LogP contribution in [0, 0.1) is 11.6 Å². The predicted octanol–water partition coefficient (Wildman–Crippen LogP) is 2.02. The Morgan fingerprint density at radius 2 is 1.89 bits per heavy atom. The van der Waals surface area contributed by atoms with Crippen LogP contribution in [0.5, 0.6) is 0 Å². The lowest BCUT2D eigenvalue weighted by molar-refractivity contribution is 0.280. The van der Waals surface area contributed by atoms with Crippen LogP contribution in [0.1, 0.15) is 17.4 Å². The largest absolute Gasteiger partial charge is 0.354 e. The van der Waals surface area contributed by atoms with Crippen LogP contribution in [0.2, 0.25) is 0 Å². The molecule has 0 aliphatic carbocycles. The minimum atomic E-state index is -0.562. The lowest BCUT2D eigenvalue weighted by Gasteiger charge is -2.28. The summed E-state index contributed by atoms with van der Waals surface area (Å²) in [5, 5.41) is 7.22. The van der Waals surface area contributed by atoms with Gasteiger partial charge >= 0.3 is 0 Å². The van der Waals surface area contributed by atoms with Crippen LogP contribution in [-0.2, 0) is 13.6 Å². The van der Waals surface area contributed by atoms with Crippen LogP contribution in [0.4, 0.5) is 8.78 Å². The van der Waals surface area contributed by atoms with Crippen molar-refractivity contribution in [1.82, 2.24) is 29.9 Å². The zero-order valence-electron chi connectivity index (χ0n) is 16.1. The Hall–Kier alpha value is -1.82. The summed E-state index contributed by atoms with van der Waals surface area (Å²) < 4.78 is 30.0. The smallest absolute Gasteiger partial charge is 0.193 e. The van der Waals surface area contributed by atoms with Gasteiger partial charge in [0, 0.05) is 33.3 Å². The van der Waals surface area contributed by atoms with E-state index in [1.165, 1.54) is 24.5 Å². The Morgan fingerprint density at radius 3 is 2.37 bits per heavy atom. The van der Waals surface area contributed by atoms with E-state index >= 15 is 0 Å². The first-order valence-corrected chi connectivity index (χ1v) is 8.20. The second-order valence-electron chi connectivity index (χ2n) is 6.20. The van der Waals surface area contributed by atoms with Crippen molar-refractivity contribution in [1.29, 1.82) is 0 Å². The molecule has 0 saturated carbocycles. The molecule has 27 heavy (non-hydrogen) atoms. The third-order valence-electron chi connectivity index (χ3n) is 4.17. The summed E-state index contributed by atoms with van der Waals surface area (Å²) in [6.07, 6.45) is 1.49. The Bertz CT molecular complexity index is 743. The van der Waals surface area contributed by atoms with E-state index in [0.29, 0.717) is 19.0 Å². The number of likely N-dealkylation sites (N-methyl/N-ethyl adjacent to an activating group) is 1. The van der Waals surface area contributed by atoms with Crippen LogP contribution in [0.3, 0.4) is 0 Å². The fourth-order valence-electron chi connectivity index (χ4n) is 2.69. The molecule has 0 saturated heterocycles. The van der Waals surface area contributed by atoms with Gasteiger partial charge in [-0.05, 0) is 26.2 Å². The molecule has 0 aliphatic heterocycles. The zero-order valence-corrected chi connectivity index (χ0v) is 18.5. The minimum Gasteiger partial charge on any atom is -0.354 e. The van der Waals surface area contributed by atoms with Crippen molar-refractivity contribution in [3.05, 3.63) is 47.5 Å². The third kappa shape index (κ3) is 5.83. The number of halogens is 3. The highest BCUT2D eigenvalue weighted by atomic mass is 127. The maximum absolute atomic E-state index is 14.2. The predicted molar refractivity (Wildman–Crippen MR) is 112 cm³/mol. The molecule has 0 aliphatic rings. The number of rotatable bonds is 6. The lowest BCUT2D eigenvalue weighted by atomic mass is 10.0. The van der Waals surface area contributed by atoms with Crippen molar-refractivity contribution in [3.63, 3.8) is 0 Å². The van der Waals surface area contributed by atoms with E-state index in [2.05, 4.69) is 20.4 Å². The second kappa shape index (κ2) is 10.5. The molecule has 0 radical (unpaired) electrons. The quantitative estimate of drug-likeness (QED) is 0.379. The van der Waals surface area contributed by atoms with E-state index in [1.54, 1.807) is 30.7 Å². The highest BCUT2D eigenvalue weighted by Gasteiger charge is 2.23. The van der Waals surface area contributed by atoms with Crippen molar-refractivity contribution in [2.75, 3.05) is 34.7 Å². The monoisotopic (exact) mass is 493 g/mol. The van der Waals surface area contributed by atoms with E-state index < -0.39 is 17.7 Å². The van der Waals surface area contributed by atoms with Gasteiger partial charge in [0.05, 0.1) is 12.6 Å². The zero-order chi connectivity index (χ0) is 19.3. The fourth-order valence-corrected chi connectivity index (χ4v) is 2.69. The van der Waals surface area contributed by atoms with Crippen molar-refractivity contribution in [2.24, 2.45) is 12.0 Å². The Labute approximate surface area is 175 Å². The van der Waals surface area contributed by atoms with Crippen molar-refractivity contribution in [3.8, 4) is 0 Å². The summed E-state index contributed by atoms with van der Waals surface area (Å²) in [4.78, 5) is 12.1. The summed E-state index contributed by atoms with van der Waals surface area (Å²) in [5.74, 6) is 0.247. The van der Waals surface area contributed by atoms with Gasteiger partial charge in [-0.15, -0.1) is 24.0 Å². The molecule has 1 N–H and O–H groups in total. The Balaban J connectivity index is 0.00000364. The summed E-state index contributed by atoms with van der Waals surface area (Å²) in [7, 11) is 8.89. The average molecular weight is 493 g/mol. The molecular weight excluding hydrogens is 467 g/mol. The molecule has 1 atom stereocenters. The van der Waals surface area contributed by atoms with E-state index in [0.717, 1.165) is 5.82 Å². The summed E-state index contributed by atoms with van der Waals surface area (Å²) in [5.41, 5.74) is 0.0383. The first kappa shape index (κ1) is 23.2. The van der Waals surface area contributed by atoms with E-state index in [-0.39, 0.29) is 29.5 Å². The summed E-state index contributed by atoms with van der Waals surface area (Å²) in [6, 6.07) is 3.41. The van der Waals surface area contributed by atoms with Gasteiger partial charge < -0.3 is 15.1 Å². The second-order valence-corrected chi connectivity index (χ2v) is 6.20. The number of aryl methyl sites for hydroxylation is 1. The number of nitrogens with zero attached hydrogens (tertiary/aromatic N) is 6. The molecular formula is C17H26F2IN7. The Morgan fingerprint density at radius 1 is 1.26 bits per heavy atom. The van der Waals surface area contributed by atoms with Gasteiger partial charge in [-0.3, -0.25) is 9.67 Å². The standard InChI is InChI=1S/C17H25F2N7.HI/c1-20-17(25(4)10-15-22-11-23-26(15)5)21-9-14(24(2)3)16-12(18)7-6-8-13(16)19;/h6-8,11,14H,9-10H2,1-5H3,(H,20,21);1H. The first-order chi connectivity index (χ1) is 12.3. The third-order valence-corrected chi connectivity index (χ3v) is 4.17. The number of guanidine groups is 1. The molecule has 7 nitrogen and oxygen atoms in total. The SMILES string of the molecule is CN=C(NCC(c1c(F)cccc1F)N(C)C)N(C)Cc1ncnn1C.I.